The van der Waals surface area contributed by atoms with Crippen LogP contribution in [0.1, 0.15) is 0 Å². The van der Waals surface area contributed by atoms with Crippen LogP contribution in [0.15, 0.2) is 0 Å². The van der Waals surface area contributed by atoms with Crippen molar-refractivity contribution >= 4 is 44.9 Å². The summed E-state index contributed by atoms with van der Waals surface area (Å²) in [7, 11) is 0. The molecule has 2 rings (SSSR count). The van der Waals surface area contributed by atoms with Gasteiger partial charge in [-0.2, -0.15) is 4.98 Å². The Hall–Kier alpha value is -0.450. The van der Waals surface area contributed by atoms with E-state index < -0.39 is 0 Å². The van der Waals surface area contributed by atoms with E-state index >= 15 is 0 Å². The van der Waals surface area contributed by atoms with Gasteiger partial charge in [0, 0.05) is 0 Å². The lowest BCUT2D eigenvalue weighted by Gasteiger charge is -1.90. The molecule has 2 heterocycles. The number of hydrogen-bond acceptors (Lipinski definition) is 4. The highest BCUT2D eigenvalue weighted by Crippen LogP contribution is 2.23. The van der Waals surface area contributed by atoms with E-state index in [0.29, 0.717) is 10.8 Å². The molecule has 0 aliphatic heterocycles. The number of aromatic nitrogens is 3. The number of hydrogen-bond donors (Lipinski definition) is 0. The van der Waals surface area contributed by atoms with E-state index in [0.717, 1.165) is 4.70 Å². The molecule has 2 aromatic rings. The SMILES string of the molecule is Clc1nc(Cl)c2s[c]nc2n1. The van der Waals surface area contributed by atoms with Crippen molar-refractivity contribution in [1.29, 1.82) is 0 Å². The number of halogens is 2. The molecule has 55 valence electrons. The first-order valence-electron chi connectivity index (χ1n) is 2.63. The van der Waals surface area contributed by atoms with Crippen molar-refractivity contribution in [2.75, 3.05) is 0 Å². The molecule has 0 atom stereocenters. The van der Waals surface area contributed by atoms with Crippen LogP contribution in [0.25, 0.3) is 10.3 Å². The third-order valence-electron chi connectivity index (χ3n) is 1.08. The predicted molar refractivity (Wildman–Crippen MR) is 44.1 cm³/mol. The molecule has 6 heteroatoms. The second-order valence-corrected chi connectivity index (χ2v) is 3.23. The molecule has 0 aliphatic rings. The predicted octanol–water partition coefficient (Wildman–Crippen LogP) is 2.19. The van der Waals surface area contributed by atoms with E-state index in [1.165, 1.54) is 11.3 Å². The third kappa shape index (κ3) is 1.17. The van der Waals surface area contributed by atoms with Gasteiger partial charge in [-0.15, -0.1) is 11.3 Å². The molecule has 0 amide bonds. The molecule has 0 N–H and O–H groups in total. The van der Waals surface area contributed by atoms with Crippen LogP contribution in [0, 0.1) is 5.51 Å². The van der Waals surface area contributed by atoms with Gasteiger partial charge in [-0.1, -0.05) is 11.6 Å². The monoisotopic (exact) mass is 204 g/mol. The average molecular weight is 205 g/mol. The molecule has 1 radical (unpaired) electrons. The Morgan fingerprint density at radius 3 is 2.91 bits per heavy atom. The van der Waals surface area contributed by atoms with Crippen molar-refractivity contribution in [3.8, 4) is 0 Å². The molecular formula is C5Cl2N3S. The van der Waals surface area contributed by atoms with Crippen LogP contribution in [-0.2, 0) is 0 Å². The van der Waals surface area contributed by atoms with Crippen molar-refractivity contribution in [1.82, 2.24) is 15.0 Å². The quantitative estimate of drug-likeness (QED) is 0.488. The van der Waals surface area contributed by atoms with Gasteiger partial charge in [0.1, 0.15) is 4.70 Å². The highest BCUT2D eigenvalue weighted by atomic mass is 35.5. The molecule has 0 saturated carbocycles. The van der Waals surface area contributed by atoms with Gasteiger partial charge in [0.2, 0.25) is 5.28 Å². The normalized spacial score (nSPS) is 10.7. The zero-order valence-electron chi connectivity index (χ0n) is 5.01. The van der Waals surface area contributed by atoms with Crippen molar-refractivity contribution < 1.29 is 0 Å². The third-order valence-corrected chi connectivity index (χ3v) is 2.40. The Labute approximate surface area is 76.0 Å². The summed E-state index contributed by atoms with van der Waals surface area (Å²) >= 11 is 12.5. The summed E-state index contributed by atoms with van der Waals surface area (Å²) < 4.78 is 0.719. The van der Waals surface area contributed by atoms with Crippen molar-refractivity contribution in [2.45, 2.75) is 0 Å². The molecule has 0 aromatic carbocycles. The molecule has 11 heavy (non-hydrogen) atoms. The first-order chi connectivity index (χ1) is 5.27. The van der Waals surface area contributed by atoms with Crippen LogP contribution in [-0.4, -0.2) is 15.0 Å². The smallest absolute Gasteiger partial charge is 0.213 e. The number of nitrogens with zero attached hydrogens (tertiary/aromatic N) is 3. The van der Waals surface area contributed by atoms with Gasteiger partial charge >= 0.3 is 0 Å². The van der Waals surface area contributed by atoms with Gasteiger partial charge in [0.25, 0.3) is 0 Å². The first-order valence-corrected chi connectivity index (χ1v) is 4.20. The zero-order valence-corrected chi connectivity index (χ0v) is 7.33. The Bertz CT molecular complexity index is 400. The Morgan fingerprint density at radius 1 is 1.27 bits per heavy atom. The second kappa shape index (κ2) is 2.55. The fraction of sp³-hybridized carbons (Fsp3) is 0. The minimum atomic E-state index is 0.113. The molecule has 3 nitrogen and oxygen atoms in total. The molecule has 0 unspecified atom stereocenters. The summed E-state index contributed by atoms with van der Waals surface area (Å²) in [5, 5.41) is 0.445. The van der Waals surface area contributed by atoms with E-state index in [2.05, 4.69) is 20.5 Å². The van der Waals surface area contributed by atoms with Gasteiger partial charge in [0.15, 0.2) is 16.3 Å². The van der Waals surface area contributed by atoms with E-state index in [-0.39, 0.29) is 5.28 Å². The largest absolute Gasteiger partial charge is 0.225 e. The lowest BCUT2D eigenvalue weighted by atomic mass is 10.6. The Balaban J connectivity index is 2.91. The summed E-state index contributed by atoms with van der Waals surface area (Å²) in [6, 6.07) is 0. The van der Waals surface area contributed by atoms with Crippen molar-refractivity contribution in [3.63, 3.8) is 0 Å². The highest BCUT2D eigenvalue weighted by Gasteiger charge is 2.05. The maximum Gasteiger partial charge on any atom is 0.225 e. The van der Waals surface area contributed by atoms with E-state index in [1.54, 1.807) is 0 Å². The lowest BCUT2D eigenvalue weighted by molar-refractivity contribution is 1.20. The van der Waals surface area contributed by atoms with Crippen LogP contribution in [0.3, 0.4) is 0 Å². The van der Waals surface area contributed by atoms with Gasteiger partial charge < -0.3 is 0 Å². The molecule has 0 fully saturated rings. The van der Waals surface area contributed by atoms with Crippen LogP contribution < -0.4 is 0 Å². The van der Waals surface area contributed by atoms with Gasteiger partial charge in [-0.05, 0) is 11.6 Å². The van der Waals surface area contributed by atoms with Gasteiger partial charge in [0.05, 0.1) is 0 Å². The summed E-state index contributed by atoms with van der Waals surface area (Å²) in [4.78, 5) is 11.4. The van der Waals surface area contributed by atoms with Gasteiger partial charge in [-0.3, -0.25) is 0 Å². The molecule has 0 aliphatic carbocycles. The number of rotatable bonds is 0. The molecule has 0 bridgehead atoms. The molecule has 0 saturated heterocycles. The summed E-state index contributed by atoms with van der Waals surface area (Å²) in [5.41, 5.74) is 3.15. The Kier molecular flexibility index (Phi) is 1.67. The maximum atomic E-state index is 5.72. The zero-order chi connectivity index (χ0) is 7.84. The summed E-state index contributed by atoms with van der Waals surface area (Å²) in [5.74, 6) is 0. The molecule has 2 aromatic heterocycles. The average Bonchev–Trinajstić information content (AvgIpc) is 2.34. The van der Waals surface area contributed by atoms with E-state index in [1.807, 2.05) is 0 Å². The van der Waals surface area contributed by atoms with E-state index in [9.17, 15) is 0 Å². The lowest BCUT2D eigenvalue weighted by Crippen LogP contribution is -1.83. The van der Waals surface area contributed by atoms with Crippen LogP contribution in [0.5, 0.6) is 0 Å². The number of thiazole rings is 1. The van der Waals surface area contributed by atoms with Crippen molar-refractivity contribution in [3.05, 3.63) is 15.9 Å². The standard InChI is InChI=1S/C5Cl2N3S/c6-3-2-4(8-1-11-2)10-5(7)9-3. The number of fused-ring (bicyclic) bond motifs is 1. The second-order valence-electron chi connectivity index (χ2n) is 1.74. The van der Waals surface area contributed by atoms with Crippen LogP contribution in [0.4, 0.5) is 0 Å². The topological polar surface area (TPSA) is 38.7 Å². The fourth-order valence-corrected chi connectivity index (χ4v) is 1.69. The minimum absolute atomic E-state index is 0.113. The van der Waals surface area contributed by atoms with Crippen molar-refractivity contribution in [2.24, 2.45) is 0 Å². The fourth-order valence-electron chi connectivity index (χ4n) is 0.662. The first kappa shape index (κ1) is 7.21. The molecular weight excluding hydrogens is 205 g/mol. The van der Waals surface area contributed by atoms with Crippen LogP contribution in [0.2, 0.25) is 10.4 Å². The summed E-state index contributed by atoms with van der Waals surface area (Å²) in [6.45, 7) is 0. The van der Waals surface area contributed by atoms with Gasteiger partial charge in [-0.25, -0.2) is 9.97 Å². The highest BCUT2D eigenvalue weighted by molar-refractivity contribution is 7.16. The maximum absolute atomic E-state index is 5.72. The van der Waals surface area contributed by atoms with E-state index in [4.69, 9.17) is 23.2 Å². The Morgan fingerprint density at radius 2 is 2.09 bits per heavy atom. The molecule has 0 spiro atoms. The van der Waals surface area contributed by atoms with Crippen LogP contribution >= 0.6 is 34.5 Å². The minimum Gasteiger partial charge on any atom is -0.213 e. The summed E-state index contributed by atoms with van der Waals surface area (Å²) in [6.07, 6.45) is 0.